The zero-order valence-electron chi connectivity index (χ0n) is 10.1. The average Bonchev–Trinajstić information content (AvgIpc) is 1.96. The van der Waals surface area contributed by atoms with E-state index in [9.17, 15) is 5.11 Å². The van der Waals surface area contributed by atoms with Gasteiger partial charge in [-0.3, -0.25) is 0 Å². The largest absolute Gasteiger partial charge is 0.389 e. The third-order valence-electron chi connectivity index (χ3n) is 1.89. The molecule has 0 aromatic heterocycles. The molecular weight excluding hydrogens is 178 g/mol. The number of hydrogen-bond donors (Lipinski definition) is 2. The molecule has 0 aromatic rings. The number of aliphatic hydroxyl groups excluding tert-OH is 1. The van der Waals surface area contributed by atoms with E-state index in [1.165, 1.54) is 0 Å². The molecule has 14 heavy (non-hydrogen) atoms. The van der Waals surface area contributed by atoms with Crippen LogP contribution in [0, 0.1) is 5.41 Å². The smallest absolute Gasteiger partial charge is 0.0895 e. The van der Waals surface area contributed by atoms with E-state index in [-0.39, 0.29) is 17.6 Å². The zero-order chi connectivity index (χ0) is 11.4. The lowest BCUT2D eigenvalue weighted by molar-refractivity contribution is -0.0749. The number of ether oxygens (including phenoxy) is 1. The van der Waals surface area contributed by atoms with Crippen LogP contribution in [0.4, 0.5) is 0 Å². The molecule has 0 radical (unpaired) electrons. The number of nitrogens with two attached hydrogens (primary N) is 1. The van der Waals surface area contributed by atoms with Gasteiger partial charge in [-0.15, -0.1) is 0 Å². The van der Waals surface area contributed by atoms with Crippen molar-refractivity contribution in [2.24, 2.45) is 11.1 Å². The van der Waals surface area contributed by atoms with E-state index in [4.69, 9.17) is 10.5 Å². The lowest BCUT2D eigenvalue weighted by Gasteiger charge is -2.33. The lowest BCUT2D eigenvalue weighted by Crippen LogP contribution is -2.35. The molecule has 3 N–H and O–H groups in total. The molecule has 1 unspecified atom stereocenters. The first-order chi connectivity index (χ1) is 6.16. The van der Waals surface area contributed by atoms with Gasteiger partial charge in [0.25, 0.3) is 0 Å². The first-order valence-electron chi connectivity index (χ1n) is 5.18. The van der Waals surface area contributed by atoms with Gasteiger partial charge in [0.05, 0.1) is 18.3 Å². The second-order valence-electron chi connectivity index (χ2n) is 5.70. The normalized spacial score (nSPS) is 15.6. The summed E-state index contributed by atoms with van der Waals surface area (Å²) in [6.45, 7) is 11.2. The van der Waals surface area contributed by atoms with Gasteiger partial charge in [-0.2, -0.15) is 0 Å². The molecule has 0 saturated heterocycles. The minimum absolute atomic E-state index is 0.200. The molecule has 1 atom stereocenters. The maximum Gasteiger partial charge on any atom is 0.0895 e. The molecule has 0 spiro atoms. The Bertz CT molecular complexity index is 161. The van der Waals surface area contributed by atoms with Crippen molar-refractivity contribution in [2.45, 2.75) is 52.7 Å². The van der Waals surface area contributed by atoms with Gasteiger partial charge in [0, 0.05) is 6.54 Å². The van der Waals surface area contributed by atoms with Crippen LogP contribution in [0.5, 0.6) is 0 Å². The first kappa shape index (κ1) is 13.9. The van der Waals surface area contributed by atoms with Crippen molar-refractivity contribution >= 4 is 0 Å². The van der Waals surface area contributed by atoms with Gasteiger partial charge in [-0.05, 0) is 25.7 Å². The molecule has 0 heterocycles. The third-order valence-corrected chi connectivity index (χ3v) is 1.89. The maximum absolute atomic E-state index is 9.27. The SMILES string of the molecule is CC(C)(C)CC(C)(C)OCC(O)CN. The predicted octanol–water partition coefficient (Wildman–Crippen LogP) is 1.54. The highest BCUT2D eigenvalue weighted by molar-refractivity contribution is 4.77. The van der Waals surface area contributed by atoms with E-state index in [0.717, 1.165) is 6.42 Å². The minimum Gasteiger partial charge on any atom is -0.389 e. The second-order valence-corrected chi connectivity index (χ2v) is 5.70. The number of aliphatic hydroxyl groups is 1. The number of rotatable bonds is 5. The molecule has 0 aliphatic carbocycles. The quantitative estimate of drug-likeness (QED) is 0.712. The fourth-order valence-corrected chi connectivity index (χ4v) is 1.72. The van der Waals surface area contributed by atoms with Crippen LogP contribution in [-0.4, -0.2) is 30.0 Å². The molecule has 3 nitrogen and oxygen atoms in total. The van der Waals surface area contributed by atoms with Gasteiger partial charge >= 0.3 is 0 Å². The molecule has 0 rings (SSSR count). The van der Waals surface area contributed by atoms with Crippen molar-refractivity contribution in [1.29, 1.82) is 0 Å². The maximum atomic E-state index is 9.27. The molecule has 0 saturated carbocycles. The molecule has 0 aliphatic heterocycles. The Morgan fingerprint density at radius 2 is 1.71 bits per heavy atom. The van der Waals surface area contributed by atoms with Crippen molar-refractivity contribution in [1.82, 2.24) is 0 Å². The summed E-state index contributed by atoms with van der Waals surface area (Å²) in [5.41, 5.74) is 5.33. The molecule has 0 fully saturated rings. The predicted molar refractivity (Wildman–Crippen MR) is 59.2 cm³/mol. The summed E-state index contributed by atoms with van der Waals surface area (Å²) >= 11 is 0. The van der Waals surface area contributed by atoms with Gasteiger partial charge in [0.15, 0.2) is 0 Å². The van der Waals surface area contributed by atoms with Gasteiger partial charge in [0.2, 0.25) is 0 Å². The standard InChI is InChI=1S/C11H25NO2/c1-10(2,3)8-11(4,5)14-7-9(13)6-12/h9,13H,6-8,12H2,1-5H3. The molecule has 0 bridgehead atoms. The molecule has 86 valence electrons. The zero-order valence-corrected chi connectivity index (χ0v) is 10.1. The van der Waals surface area contributed by atoms with Gasteiger partial charge < -0.3 is 15.6 Å². The highest BCUT2D eigenvalue weighted by Gasteiger charge is 2.26. The molecule has 0 amide bonds. The van der Waals surface area contributed by atoms with Crippen molar-refractivity contribution < 1.29 is 9.84 Å². The highest BCUT2D eigenvalue weighted by atomic mass is 16.5. The van der Waals surface area contributed by atoms with E-state index >= 15 is 0 Å². The Morgan fingerprint density at radius 3 is 2.07 bits per heavy atom. The van der Waals surface area contributed by atoms with E-state index in [2.05, 4.69) is 20.8 Å². The van der Waals surface area contributed by atoms with Crippen LogP contribution in [0.3, 0.4) is 0 Å². The van der Waals surface area contributed by atoms with Crippen LogP contribution in [-0.2, 0) is 4.74 Å². The van der Waals surface area contributed by atoms with Crippen molar-refractivity contribution in [3.63, 3.8) is 0 Å². The Morgan fingerprint density at radius 1 is 1.21 bits per heavy atom. The van der Waals surface area contributed by atoms with Crippen molar-refractivity contribution in [3.05, 3.63) is 0 Å². The number of hydrogen-bond acceptors (Lipinski definition) is 3. The van der Waals surface area contributed by atoms with Gasteiger partial charge in [-0.25, -0.2) is 0 Å². The van der Waals surface area contributed by atoms with Crippen molar-refractivity contribution in [2.75, 3.05) is 13.2 Å². The molecule has 0 aromatic carbocycles. The van der Waals surface area contributed by atoms with Crippen LogP contribution in [0.25, 0.3) is 0 Å². The summed E-state index contributed by atoms with van der Waals surface area (Å²) in [6.07, 6.45) is 0.409. The fraction of sp³-hybridized carbons (Fsp3) is 1.00. The molecule has 0 aliphatic rings. The summed E-state index contributed by atoms with van der Waals surface area (Å²) in [6, 6.07) is 0. The summed E-state index contributed by atoms with van der Waals surface area (Å²) in [4.78, 5) is 0. The lowest BCUT2D eigenvalue weighted by atomic mass is 9.83. The average molecular weight is 203 g/mol. The Kier molecular flexibility index (Phi) is 5.06. The van der Waals surface area contributed by atoms with Crippen LogP contribution in [0.1, 0.15) is 41.0 Å². The fourth-order valence-electron chi connectivity index (χ4n) is 1.72. The van der Waals surface area contributed by atoms with E-state index in [0.29, 0.717) is 6.61 Å². The van der Waals surface area contributed by atoms with Crippen LogP contribution < -0.4 is 5.73 Å². The minimum atomic E-state index is -0.547. The van der Waals surface area contributed by atoms with E-state index < -0.39 is 6.10 Å². The Labute approximate surface area is 87.6 Å². The van der Waals surface area contributed by atoms with Gasteiger partial charge in [-0.1, -0.05) is 20.8 Å². The first-order valence-corrected chi connectivity index (χ1v) is 5.18. The topological polar surface area (TPSA) is 55.5 Å². The summed E-state index contributed by atoms with van der Waals surface area (Å²) in [5, 5.41) is 9.27. The van der Waals surface area contributed by atoms with Crippen LogP contribution >= 0.6 is 0 Å². The third kappa shape index (κ3) is 7.30. The second kappa shape index (κ2) is 5.10. The molecular formula is C11H25NO2. The van der Waals surface area contributed by atoms with E-state index in [1.54, 1.807) is 0 Å². The van der Waals surface area contributed by atoms with Crippen molar-refractivity contribution in [3.8, 4) is 0 Å². The summed E-state index contributed by atoms with van der Waals surface area (Å²) in [7, 11) is 0. The van der Waals surface area contributed by atoms with Crippen LogP contribution in [0.2, 0.25) is 0 Å². The Balaban J connectivity index is 3.95. The van der Waals surface area contributed by atoms with E-state index in [1.807, 2.05) is 13.8 Å². The summed E-state index contributed by atoms with van der Waals surface area (Å²) in [5.74, 6) is 0. The van der Waals surface area contributed by atoms with Gasteiger partial charge in [0.1, 0.15) is 0 Å². The summed E-state index contributed by atoms with van der Waals surface area (Å²) < 4.78 is 5.63. The van der Waals surface area contributed by atoms with Crippen LogP contribution in [0.15, 0.2) is 0 Å². The molecule has 3 heteroatoms. The highest BCUT2D eigenvalue weighted by Crippen LogP contribution is 2.29. The Hall–Kier alpha value is -0.120. The monoisotopic (exact) mass is 203 g/mol.